The molecule has 2 aromatic rings. The van der Waals surface area contributed by atoms with E-state index < -0.39 is 17.9 Å². The zero-order valence-corrected chi connectivity index (χ0v) is 12.6. The lowest BCUT2D eigenvalue weighted by atomic mass is 10.1. The summed E-state index contributed by atoms with van der Waals surface area (Å²) in [7, 11) is 0. The number of carboxylic acid groups (broad SMARTS) is 1. The number of carbonyl (C=O) groups excluding carboxylic acids is 1. The van der Waals surface area contributed by atoms with Crippen LogP contribution in [0.4, 0.5) is 0 Å². The van der Waals surface area contributed by atoms with Crippen molar-refractivity contribution in [2.24, 2.45) is 5.73 Å². The third kappa shape index (κ3) is 4.65. The quantitative estimate of drug-likeness (QED) is 0.637. The number of nitrogens with two attached hydrogens (primary N) is 1. The Kier molecular flexibility index (Phi) is 5.87. The van der Waals surface area contributed by atoms with Crippen LogP contribution in [-0.4, -0.2) is 34.7 Å². The van der Waals surface area contributed by atoms with Crippen molar-refractivity contribution in [1.82, 2.24) is 10.5 Å². The standard InChI is InChI=1S/C16H19N3O4/c17-9-5-4-8-12(16(21)22)18-15(20)13-10-14(23-19-13)11-6-2-1-3-7-11/h1-3,6-7,10,12H,4-5,8-9,17H2,(H,18,20)(H,21,22)/t12-/m0/s1. The number of aliphatic carboxylic acids is 1. The van der Waals surface area contributed by atoms with Crippen molar-refractivity contribution < 1.29 is 19.2 Å². The van der Waals surface area contributed by atoms with Gasteiger partial charge in [0.15, 0.2) is 11.5 Å². The van der Waals surface area contributed by atoms with Gasteiger partial charge in [-0.25, -0.2) is 4.79 Å². The van der Waals surface area contributed by atoms with E-state index in [-0.39, 0.29) is 5.69 Å². The SMILES string of the molecule is NCCCC[C@H](NC(=O)c1cc(-c2ccccc2)on1)C(=O)O. The Bertz CT molecular complexity index is 654. The zero-order chi connectivity index (χ0) is 16.7. The summed E-state index contributed by atoms with van der Waals surface area (Å²) in [6.45, 7) is 0.490. The lowest BCUT2D eigenvalue weighted by molar-refractivity contribution is -0.139. The van der Waals surface area contributed by atoms with Crippen LogP contribution < -0.4 is 11.1 Å². The molecule has 1 atom stereocenters. The average molecular weight is 317 g/mol. The molecular formula is C16H19N3O4. The molecule has 1 amide bonds. The van der Waals surface area contributed by atoms with Gasteiger partial charge < -0.3 is 20.7 Å². The molecule has 0 aliphatic heterocycles. The van der Waals surface area contributed by atoms with Gasteiger partial charge in [0.25, 0.3) is 5.91 Å². The minimum Gasteiger partial charge on any atom is -0.480 e. The lowest BCUT2D eigenvalue weighted by Gasteiger charge is -2.12. The molecule has 1 heterocycles. The van der Waals surface area contributed by atoms with Gasteiger partial charge >= 0.3 is 5.97 Å². The third-order valence-corrected chi connectivity index (χ3v) is 3.35. The van der Waals surface area contributed by atoms with Crippen LogP contribution in [0.1, 0.15) is 29.8 Å². The molecule has 2 rings (SSSR count). The van der Waals surface area contributed by atoms with Gasteiger partial charge in [-0.2, -0.15) is 0 Å². The summed E-state index contributed by atoms with van der Waals surface area (Å²) >= 11 is 0. The van der Waals surface area contributed by atoms with Crippen LogP contribution in [0.3, 0.4) is 0 Å². The minimum absolute atomic E-state index is 0.0499. The number of rotatable bonds is 8. The molecule has 23 heavy (non-hydrogen) atoms. The van der Waals surface area contributed by atoms with Gasteiger partial charge in [0.2, 0.25) is 0 Å². The molecule has 7 heteroatoms. The Morgan fingerprint density at radius 2 is 2.00 bits per heavy atom. The maximum atomic E-state index is 12.1. The molecule has 122 valence electrons. The fraction of sp³-hybridized carbons (Fsp3) is 0.312. The van der Waals surface area contributed by atoms with Gasteiger partial charge in [-0.3, -0.25) is 4.79 Å². The highest BCUT2D eigenvalue weighted by Gasteiger charge is 2.22. The molecule has 0 saturated carbocycles. The average Bonchev–Trinajstić information content (AvgIpc) is 3.05. The minimum atomic E-state index is -1.08. The maximum absolute atomic E-state index is 12.1. The summed E-state index contributed by atoms with van der Waals surface area (Å²) in [5.41, 5.74) is 6.22. The smallest absolute Gasteiger partial charge is 0.326 e. The fourth-order valence-electron chi connectivity index (χ4n) is 2.10. The lowest BCUT2D eigenvalue weighted by Crippen LogP contribution is -2.40. The summed E-state index contributed by atoms with van der Waals surface area (Å²) < 4.78 is 5.14. The molecule has 7 nitrogen and oxygen atoms in total. The number of amides is 1. The monoisotopic (exact) mass is 317 g/mol. The second-order valence-electron chi connectivity index (χ2n) is 5.09. The second-order valence-corrected chi connectivity index (χ2v) is 5.09. The van der Waals surface area contributed by atoms with E-state index >= 15 is 0 Å². The van der Waals surface area contributed by atoms with E-state index in [4.69, 9.17) is 15.4 Å². The van der Waals surface area contributed by atoms with Gasteiger partial charge in [0.1, 0.15) is 6.04 Å². The molecule has 0 aliphatic carbocycles. The third-order valence-electron chi connectivity index (χ3n) is 3.35. The Labute approximate surface area is 133 Å². The molecule has 0 unspecified atom stereocenters. The van der Waals surface area contributed by atoms with Gasteiger partial charge in [-0.15, -0.1) is 0 Å². The summed E-state index contributed by atoms with van der Waals surface area (Å²) in [4.78, 5) is 23.3. The fourth-order valence-corrected chi connectivity index (χ4v) is 2.10. The first-order valence-corrected chi connectivity index (χ1v) is 7.37. The molecule has 4 N–H and O–H groups in total. The Morgan fingerprint density at radius 1 is 1.26 bits per heavy atom. The first kappa shape index (κ1) is 16.7. The van der Waals surface area contributed by atoms with Gasteiger partial charge in [0, 0.05) is 11.6 Å². The van der Waals surface area contributed by atoms with Crippen molar-refractivity contribution in [1.29, 1.82) is 0 Å². The van der Waals surface area contributed by atoms with Crippen molar-refractivity contribution in [2.45, 2.75) is 25.3 Å². The normalized spacial score (nSPS) is 11.9. The predicted molar refractivity (Wildman–Crippen MR) is 83.7 cm³/mol. The Morgan fingerprint density at radius 3 is 2.65 bits per heavy atom. The van der Waals surface area contributed by atoms with Crippen molar-refractivity contribution in [2.75, 3.05) is 6.54 Å². The number of benzene rings is 1. The summed E-state index contributed by atoms with van der Waals surface area (Å²) in [6.07, 6.45) is 1.66. The molecular weight excluding hydrogens is 298 g/mol. The van der Waals surface area contributed by atoms with Crippen LogP contribution in [0.5, 0.6) is 0 Å². The molecule has 1 aromatic carbocycles. The zero-order valence-electron chi connectivity index (χ0n) is 12.6. The summed E-state index contributed by atoms with van der Waals surface area (Å²) in [5.74, 6) is -1.20. The van der Waals surface area contributed by atoms with Crippen LogP contribution >= 0.6 is 0 Å². The van der Waals surface area contributed by atoms with E-state index in [1.165, 1.54) is 6.07 Å². The summed E-state index contributed by atoms with van der Waals surface area (Å²) in [6, 6.07) is 9.73. The maximum Gasteiger partial charge on any atom is 0.326 e. The molecule has 0 spiro atoms. The van der Waals surface area contributed by atoms with E-state index in [1.807, 2.05) is 30.3 Å². The van der Waals surface area contributed by atoms with Crippen molar-refractivity contribution in [3.63, 3.8) is 0 Å². The van der Waals surface area contributed by atoms with E-state index in [9.17, 15) is 9.59 Å². The number of hydrogen-bond acceptors (Lipinski definition) is 5. The van der Waals surface area contributed by atoms with Crippen LogP contribution in [0.2, 0.25) is 0 Å². The van der Waals surface area contributed by atoms with Crippen LogP contribution in [0.25, 0.3) is 11.3 Å². The van der Waals surface area contributed by atoms with E-state index in [0.29, 0.717) is 31.6 Å². The molecule has 0 radical (unpaired) electrons. The Hall–Kier alpha value is -2.67. The first-order valence-electron chi connectivity index (χ1n) is 7.37. The van der Waals surface area contributed by atoms with E-state index in [0.717, 1.165) is 5.56 Å². The largest absolute Gasteiger partial charge is 0.480 e. The number of nitrogens with zero attached hydrogens (tertiary/aromatic N) is 1. The number of aromatic nitrogens is 1. The molecule has 0 fully saturated rings. The molecule has 1 aromatic heterocycles. The predicted octanol–water partition coefficient (Wildman–Crippen LogP) is 1.65. The number of carbonyl (C=O) groups is 2. The Balaban J connectivity index is 2.02. The van der Waals surface area contributed by atoms with Crippen LogP contribution in [0, 0.1) is 0 Å². The van der Waals surface area contributed by atoms with Gasteiger partial charge in [-0.05, 0) is 25.8 Å². The highest BCUT2D eigenvalue weighted by atomic mass is 16.5. The topological polar surface area (TPSA) is 118 Å². The van der Waals surface area contributed by atoms with Gasteiger partial charge in [-0.1, -0.05) is 35.5 Å². The number of unbranched alkanes of at least 4 members (excludes halogenated alkanes) is 1. The van der Waals surface area contributed by atoms with E-state index in [1.54, 1.807) is 0 Å². The van der Waals surface area contributed by atoms with Crippen LogP contribution in [-0.2, 0) is 4.79 Å². The number of carboxylic acids is 1. The second kappa shape index (κ2) is 8.09. The van der Waals surface area contributed by atoms with Crippen molar-refractivity contribution in [3.05, 3.63) is 42.1 Å². The van der Waals surface area contributed by atoms with Crippen LogP contribution in [0.15, 0.2) is 40.9 Å². The highest BCUT2D eigenvalue weighted by molar-refractivity contribution is 5.95. The van der Waals surface area contributed by atoms with Crippen molar-refractivity contribution in [3.8, 4) is 11.3 Å². The molecule has 0 saturated heterocycles. The molecule has 0 bridgehead atoms. The first-order chi connectivity index (χ1) is 11.1. The summed E-state index contributed by atoms with van der Waals surface area (Å²) in [5, 5.41) is 15.3. The number of hydrogen-bond donors (Lipinski definition) is 3. The number of nitrogens with one attached hydrogen (secondary N) is 1. The van der Waals surface area contributed by atoms with Crippen molar-refractivity contribution >= 4 is 11.9 Å². The highest BCUT2D eigenvalue weighted by Crippen LogP contribution is 2.19. The molecule has 0 aliphatic rings. The van der Waals surface area contributed by atoms with Gasteiger partial charge in [0.05, 0.1) is 0 Å². The van der Waals surface area contributed by atoms with E-state index in [2.05, 4.69) is 10.5 Å².